The molecule has 0 N–H and O–H groups in total. The van der Waals surface area contributed by atoms with Crippen LogP contribution in [0.4, 0.5) is 13.2 Å². The summed E-state index contributed by atoms with van der Waals surface area (Å²) in [6.07, 6.45) is -1.01. The molecule has 2 nitrogen and oxygen atoms in total. The first-order valence-electron chi connectivity index (χ1n) is 6.59. The molecular formula is C17H11F3N2. The minimum atomic E-state index is -4.32. The molecule has 0 saturated heterocycles. The number of pyridine rings is 2. The van der Waals surface area contributed by atoms with E-state index in [4.69, 9.17) is 0 Å². The molecule has 0 bridgehead atoms. The lowest BCUT2D eigenvalue weighted by Crippen LogP contribution is -2.03. The van der Waals surface area contributed by atoms with Gasteiger partial charge in [-0.15, -0.1) is 0 Å². The van der Waals surface area contributed by atoms with E-state index < -0.39 is 11.7 Å². The van der Waals surface area contributed by atoms with Crippen LogP contribution in [-0.2, 0) is 6.18 Å². The predicted molar refractivity (Wildman–Crippen MR) is 77.9 cm³/mol. The lowest BCUT2D eigenvalue weighted by Gasteiger charge is -2.08. The maximum Gasteiger partial charge on any atom is 0.416 e. The van der Waals surface area contributed by atoms with E-state index in [1.165, 1.54) is 12.1 Å². The molecular weight excluding hydrogens is 289 g/mol. The highest BCUT2D eigenvalue weighted by atomic mass is 19.4. The number of rotatable bonds is 2. The minimum absolute atomic E-state index is 0.658. The number of nitrogens with zero attached hydrogens (tertiary/aromatic N) is 2. The Morgan fingerprint density at radius 1 is 0.682 bits per heavy atom. The highest BCUT2D eigenvalue weighted by Gasteiger charge is 2.29. The van der Waals surface area contributed by atoms with Gasteiger partial charge in [0.15, 0.2) is 0 Å². The maximum atomic E-state index is 12.5. The van der Waals surface area contributed by atoms with Crippen LogP contribution in [0.2, 0.25) is 0 Å². The van der Waals surface area contributed by atoms with Crippen molar-refractivity contribution in [1.82, 2.24) is 9.97 Å². The summed E-state index contributed by atoms with van der Waals surface area (Å²) in [6, 6.07) is 14.2. The molecule has 0 unspecified atom stereocenters. The minimum Gasteiger partial charge on any atom is -0.255 e. The molecule has 0 atom stereocenters. The third kappa shape index (κ3) is 2.98. The first-order chi connectivity index (χ1) is 10.5. The van der Waals surface area contributed by atoms with Gasteiger partial charge in [0.2, 0.25) is 0 Å². The van der Waals surface area contributed by atoms with Crippen LogP contribution in [0.5, 0.6) is 0 Å². The molecule has 0 aliphatic heterocycles. The summed E-state index contributed by atoms with van der Waals surface area (Å²) in [7, 11) is 0. The Morgan fingerprint density at radius 2 is 1.36 bits per heavy atom. The Hall–Kier alpha value is -2.69. The fourth-order valence-corrected chi connectivity index (χ4v) is 2.08. The standard InChI is InChI=1S/C17H11F3N2/c18-17(19,20)14-7-4-12(5-8-14)13-6-9-16(22-11-13)15-3-1-2-10-21-15/h1-11H. The van der Waals surface area contributed by atoms with Crippen molar-refractivity contribution >= 4 is 0 Å². The van der Waals surface area contributed by atoms with Crippen LogP contribution in [0.25, 0.3) is 22.5 Å². The summed E-state index contributed by atoms with van der Waals surface area (Å²) in [4.78, 5) is 8.51. The summed E-state index contributed by atoms with van der Waals surface area (Å²) in [6.45, 7) is 0. The zero-order valence-electron chi connectivity index (χ0n) is 11.4. The van der Waals surface area contributed by atoms with Crippen LogP contribution in [0.3, 0.4) is 0 Å². The van der Waals surface area contributed by atoms with E-state index in [0.29, 0.717) is 5.56 Å². The number of hydrogen-bond donors (Lipinski definition) is 0. The van der Waals surface area contributed by atoms with Gasteiger partial charge in [0.25, 0.3) is 0 Å². The molecule has 2 heterocycles. The van der Waals surface area contributed by atoms with E-state index in [9.17, 15) is 13.2 Å². The summed E-state index contributed by atoms with van der Waals surface area (Å²) in [5, 5.41) is 0. The molecule has 0 aliphatic rings. The highest BCUT2D eigenvalue weighted by Crippen LogP contribution is 2.31. The van der Waals surface area contributed by atoms with E-state index in [1.54, 1.807) is 18.5 Å². The fraction of sp³-hybridized carbons (Fsp3) is 0.0588. The summed E-state index contributed by atoms with van der Waals surface area (Å²) >= 11 is 0. The van der Waals surface area contributed by atoms with Gasteiger partial charge in [0.1, 0.15) is 0 Å². The number of halogens is 3. The van der Waals surface area contributed by atoms with E-state index >= 15 is 0 Å². The second kappa shape index (κ2) is 5.60. The predicted octanol–water partition coefficient (Wildman–Crippen LogP) is 4.83. The van der Waals surface area contributed by atoms with Gasteiger partial charge >= 0.3 is 6.18 Å². The largest absolute Gasteiger partial charge is 0.416 e. The first kappa shape index (κ1) is 14.3. The van der Waals surface area contributed by atoms with Gasteiger partial charge in [0, 0.05) is 18.0 Å². The third-order valence-electron chi connectivity index (χ3n) is 3.24. The number of alkyl halides is 3. The van der Waals surface area contributed by atoms with Crippen LogP contribution in [0.15, 0.2) is 67.0 Å². The Balaban J connectivity index is 1.87. The molecule has 0 radical (unpaired) electrons. The van der Waals surface area contributed by atoms with Crippen LogP contribution >= 0.6 is 0 Å². The number of benzene rings is 1. The second-order valence-electron chi connectivity index (χ2n) is 4.72. The Labute approximate surface area is 125 Å². The average molecular weight is 300 g/mol. The summed E-state index contributed by atoms with van der Waals surface area (Å²) < 4.78 is 37.6. The van der Waals surface area contributed by atoms with Crippen molar-refractivity contribution in [2.45, 2.75) is 6.18 Å². The second-order valence-corrected chi connectivity index (χ2v) is 4.72. The average Bonchev–Trinajstić information content (AvgIpc) is 2.55. The van der Waals surface area contributed by atoms with Crippen molar-refractivity contribution < 1.29 is 13.2 Å². The van der Waals surface area contributed by atoms with E-state index in [0.717, 1.165) is 29.1 Å². The lowest BCUT2D eigenvalue weighted by molar-refractivity contribution is -0.137. The molecule has 110 valence electrons. The third-order valence-corrected chi connectivity index (χ3v) is 3.24. The summed E-state index contributed by atoms with van der Waals surface area (Å²) in [5.74, 6) is 0. The Kier molecular flexibility index (Phi) is 3.63. The van der Waals surface area contributed by atoms with Gasteiger partial charge in [-0.3, -0.25) is 9.97 Å². The molecule has 0 aliphatic carbocycles. The van der Waals surface area contributed by atoms with Crippen LogP contribution < -0.4 is 0 Å². The van der Waals surface area contributed by atoms with Gasteiger partial charge in [-0.2, -0.15) is 13.2 Å². The molecule has 0 spiro atoms. The van der Waals surface area contributed by atoms with Crippen molar-refractivity contribution in [2.24, 2.45) is 0 Å². The molecule has 2 aromatic heterocycles. The number of hydrogen-bond acceptors (Lipinski definition) is 2. The topological polar surface area (TPSA) is 25.8 Å². The normalized spacial score (nSPS) is 11.4. The molecule has 0 saturated carbocycles. The molecule has 0 fully saturated rings. The molecule has 5 heteroatoms. The van der Waals surface area contributed by atoms with Crippen molar-refractivity contribution in [3.63, 3.8) is 0 Å². The Morgan fingerprint density at radius 3 is 1.91 bits per heavy atom. The summed E-state index contributed by atoms with van der Waals surface area (Å²) in [5.41, 5.74) is 2.26. The van der Waals surface area contributed by atoms with Gasteiger partial charge in [0.05, 0.1) is 17.0 Å². The van der Waals surface area contributed by atoms with Crippen LogP contribution in [0.1, 0.15) is 5.56 Å². The first-order valence-corrected chi connectivity index (χ1v) is 6.59. The van der Waals surface area contributed by atoms with Crippen LogP contribution in [-0.4, -0.2) is 9.97 Å². The van der Waals surface area contributed by atoms with Crippen molar-refractivity contribution in [3.05, 3.63) is 72.6 Å². The molecule has 3 rings (SSSR count). The zero-order valence-corrected chi connectivity index (χ0v) is 11.4. The smallest absolute Gasteiger partial charge is 0.255 e. The molecule has 0 amide bonds. The molecule has 22 heavy (non-hydrogen) atoms. The van der Waals surface area contributed by atoms with Crippen molar-refractivity contribution in [1.29, 1.82) is 0 Å². The number of aromatic nitrogens is 2. The maximum absolute atomic E-state index is 12.5. The van der Waals surface area contributed by atoms with Crippen LogP contribution in [0, 0.1) is 0 Å². The van der Waals surface area contributed by atoms with E-state index in [-0.39, 0.29) is 0 Å². The van der Waals surface area contributed by atoms with E-state index in [2.05, 4.69) is 9.97 Å². The van der Waals surface area contributed by atoms with Gasteiger partial charge in [-0.25, -0.2) is 0 Å². The SMILES string of the molecule is FC(F)(F)c1ccc(-c2ccc(-c3ccccn3)nc2)cc1. The van der Waals surface area contributed by atoms with Gasteiger partial charge in [-0.1, -0.05) is 24.3 Å². The zero-order chi connectivity index (χ0) is 15.6. The van der Waals surface area contributed by atoms with Gasteiger partial charge < -0.3 is 0 Å². The molecule has 3 aromatic rings. The van der Waals surface area contributed by atoms with Crippen molar-refractivity contribution in [3.8, 4) is 22.5 Å². The molecule has 1 aromatic carbocycles. The quantitative estimate of drug-likeness (QED) is 0.677. The van der Waals surface area contributed by atoms with Crippen molar-refractivity contribution in [2.75, 3.05) is 0 Å². The Bertz CT molecular complexity index is 749. The monoisotopic (exact) mass is 300 g/mol. The highest BCUT2D eigenvalue weighted by molar-refractivity contribution is 5.65. The van der Waals surface area contributed by atoms with Gasteiger partial charge in [-0.05, 0) is 35.9 Å². The lowest BCUT2D eigenvalue weighted by atomic mass is 10.0. The van der Waals surface area contributed by atoms with E-state index in [1.807, 2.05) is 24.3 Å². The fourth-order valence-electron chi connectivity index (χ4n) is 2.08.